The lowest BCUT2D eigenvalue weighted by molar-refractivity contribution is 0.0697. The summed E-state index contributed by atoms with van der Waals surface area (Å²) in [5, 5.41) is 10.1. The number of thiazole rings is 1. The number of nitrogens with zero attached hydrogens (tertiary/aromatic N) is 3. The summed E-state index contributed by atoms with van der Waals surface area (Å²) in [5.74, 6) is -0.923. The number of ether oxygens (including phenoxy) is 1. The van der Waals surface area contributed by atoms with E-state index in [1.165, 1.54) is 11.3 Å². The predicted molar refractivity (Wildman–Crippen MR) is 81.8 cm³/mol. The molecule has 0 spiro atoms. The topological polar surface area (TPSA) is 65.9 Å². The molecular formula is C14H23N3O3S. The second-order valence-corrected chi connectivity index (χ2v) is 6.65. The molecule has 7 heteroatoms. The van der Waals surface area contributed by atoms with Crippen LogP contribution in [0.4, 0.5) is 0 Å². The summed E-state index contributed by atoms with van der Waals surface area (Å²) in [6.07, 6.45) is 2.30. The quantitative estimate of drug-likeness (QED) is 0.859. The monoisotopic (exact) mass is 313 g/mol. The summed E-state index contributed by atoms with van der Waals surface area (Å²) in [4.78, 5) is 20.6. The van der Waals surface area contributed by atoms with Crippen LogP contribution in [0.5, 0.6) is 0 Å². The SMILES string of the molecule is COCc1nc(CN(C)C2CCN(C)CC2)sc1C(=O)O. The molecule has 0 amide bonds. The Balaban J connectivity index is 2.01. The number of methoxy groups -OCH3 is 1. The first-order valence-corrected chi connectivity index (χ1v) is 7.92. The van der Waals surface area contributed by atoms with Crippen molar-refractivity contribution in [3.8, 4) is 0 Å². The second kappa shape index (κ2) is 7.31. The smallest absolute Gasteiger partial charge is 0.347 e. The normalized spacial score (nSPS) is 17.5. The van der Waals surface area contributed by atoms with E-state index in [0.29, 0.717) is 23.2 Å². The van der Waals surface area contributed by atoms with Crippen molar-refractivity contribution in [1.82, 2.24) is 14.8 Å². The number of piperidine rings is 1. The van der Waals surface area contributed by atoms with E-state index >= 15 is 0 Å². The van der Waals surface area contributed by atoms with Gasteiger partial charge in [0.25, 0.3) is 0 Å². The largest absolute Gasteiger partial charge is 0.477 e. The van der Waals surface area contributed by atoms with E-state index in [4.69, 9.17) is 4.74 Å². The van der Waals surface area contributed by atoms with Gasteiger partial charge in [-0.3, -0.25) is 4.90 Å². The highest BCUT2D eigenvalue weighted by molar-refractivity contribution is 7.13. The Bertz CT molecular complexity index is 484. The third-order valence-electron chi connectivity index (χ3n) is 3.91. The highest BCUT2D eigenvalue weighted by Gasteiger charge is 2.23. The minimum absolute atomic E-state index is 0.246. The lowest BCUT2D eigenvalue weighted by Crippen LogP contribution is -2.41. The van der Waals surface area contributed by atoms with Crippen molar-refractivity contribution in [2.24, 2.45) is 0 Å². The minimum atomic E-state index is -0.923. The van der Waals surface area contributed by atoms with Crippen molar-refractivity contribution in [3.63, 3.8) is 0 Å². The van der Waals surface area contributed by atoms with Crippen molar-refractivity contribution in [3.05, 3.63) is 15.6 Å². The van der Waals surface area contributed by atoms with Gasteiger partial charge in [-0.25, -0.2) is 9.78 Å². The van der Waals surface area contributed by atoms with Gasteiger partial charge in [0.05, 0.1) is 18.8 Å². The Morgan fingerprint density at radius 2 is 2.19 bits per heavy atom. The summed E-state index contributed by atoms with van der Waals surface area (Å²) in [6, 6.07) is 0.546. The van der Waals surface area contributed by atoms with Crippen molar-refractivity contribution in [2.45, 2.75) is 32.0 Å². The molecule has 0 unspecified atom stereocenters. The predicted octanol–water partition coefficient (Wildman–Crippen LogP) is 1.51. The zero-order valence-electron chi connectivity index (χ0n) is 12.8. The summed E-state index contributed by atoms with van der Waals surface area (Å²) >= 11 is 1.26. The van der Waals surface area contributed by atoms with Crippen LogP contribution in [0.2, 0.25) is 0 Å². The minimum Gasteiger partial charge on any atom is -0.477 e. The molecule has 1 aliphatic heterocycles. The zero-order chi connectivity index (χ0) is 15.4. The van der Waals surface area contributed by atoms with Crippen LogP contribution in [0.1, 0.15) is 33.2 Å². The number of aromatic carboxylic acids is 1. The molecule has 0 aromatic carbocycles. The second-order valence-electron chi connectivity index (χ2n) is 5.57. The fraction of sp³-hybridized carbons (Fsp3) is 0.714. The molecule has 0 bridgehead atoms. The van der Waals surface area contributed by atoms with Crippen LogP contribution < -0.4 is 0 Å². The van der Waals surface area contributed by atoms with Crippen LogP contribution in [-0.4, -0.2) is 66.2 Å². The molecule has 118 valence electrons. The van der Waals surface area contributed by atoms with Crippen LogP contribution in [0, 0.1) is 0 Å². The number of hydrogen-bond donors (Lipinski definition) is 1. The van der Waals surface area contributed by atoms with Gasteiger partial charge in [-0.2, -0.15) is 0 Å². The van der Waals surface area contributed by atoms with Crippen molar-refractivity contribution in [1.29, 1.82) is 0 Å². The summed E-state index contributed by atoms with van der Waals surface area (Å²) in [6.45, 7) is 3.17. The molecule has 1 saturated heterocycles. The Morgan fingerprint density at radius 3 is 2.76 bits per heavy atom. The fourth-order valence-corrected chi connectivity index (χ4v) is 3.62. The average molecular weight is 313 g/mol. The first-order chi connectivity index (χ1) is 10.0. The standard InChI is InChI=1S/C14H23N3O3S/c1-16-6-4-10(5-7-16)17(2)8-12-15-11(9-20-3)13(21-12)14(18)19/h10H,4-9H2,1-3H3,(H,18,19). The lowest BCUT2D eigenvalue weighted by Gasteiger charge is -2.34. The van der Waals surface area contributed by atoms with Gasteiger partial charge in [0, 0.05) is 13.2 Å². The molecule has 1 N–H and O–H groups in total. The molecule has 1 fully saturated rings. The fourth-order valence-electron chi connectivity index (χ4n) is 2.65. The maximum atomic E-state index is 11.2. The zero-order valence-corrected chi connectivity index (χ0v) is 13.7. The van der Waals surface area contributed by atoms with Gasteiger partial charge in [-0.05, 0) is 40.0 Å². The van der Waals surface area contributed by atoms with Crippen molar-refractivity contribution >= 4 is 17.3 Å². The maximum absolute atomic E-state index is 11.2. The molecule has 21 heavy (non-hydrogen) atoms. The first kappa shape index (κ1) is 16.4. The molecular weight excluding hydrogens is 290 g/mol. The van der Waals surface area contributed by atoms with Gasteiger partial charge in [-0.15, -0.1) is 11.3 Å². The number of carbonyl (C=O) groups is 1. The third kappa shape index (κ3) is 4.23. The third-order valence-corrected chi connectivity index (χ3v) is 4.98. The maximum Gasteiger partial charge on any atom is 0.347 e. The summed E-state index contributed by atoms with van der Waals surface area (Å²) in [5.41, 5.74) is 0.529. The molecule has 0 saturated carbocycles. The first-order valence-electron chi connectivity index (χ1n) is 7.11. The Labute approximate surface area is 129 Å². The molecule has 1 aromatic heterocycles. The Morgan fingerprint density at radius 1 is 1.52 bits per heavy atom. The van der Waals surface area contributed by atoms with Gasteiger partial charge in [0.15, 0.2) is 0 Å². The van der Waals surface area contributed by atoms with E-state index in [2.05, 4.69) is 28.9 Å². The van der Waals surface area contributed by atoms with Crippen molar-refractivity contribution < 1.29 is 14.6 Å². The number of carboxylic acids is 1. The van der Waals surface area contributed by atoms with Crippen LogP contribution in [0.25, 0.3) is 0 Å². The Kier molecular flexibility index (Phi) is 5.69. The Hall–Kier alpha value is -1.02. The molecule has 1 aromatic rings. The molecule has 6 nitrogen and oxygen atoms in total. The average Bonchev–Trinajstić information content (AvgIpc) is 2.83. The number of hydrogen-bond acceptors (Lipinski definition) is 6. The number of aromatic nitrogens is 1. The lowest BCUT2D eigenvalue weighted by atomic mass is 10.0. The number of carboxylic acid groups (broad SMARTS) is 1. The number of rotatable bonds is 6. The molecule has 0 radical (unpaired) electrons. The van der Waals surface area contributed by atoms with Gasteiger partial charge in [-0.1, -0.05) is 0 Å². The molecule has 1 aliphatic rings. The van der Waals surface area contributed by atoms with Gasteiger partial charge < -0.3 is 14.7 Å². The van der Waals surface area contributed by atoms with E-state index in [0.717, 1.165) is 30.9 Å². The highest BCUT2D eigenvalue weighted by Crippen LogP contribution is 2.23. The summed E-state index contributed by atoms with van der Waals surface area (Å²) < 4.78 is 5.03. The van der Waals surface area contributed by atoms with E-state index < -0.39 is 5.97 Å². The van der Waals surface area contributed by atoms with E-state index in [9.17, 15) is 9.90 Å². The van der Waals surface area contributed by atoms with Crippen LogP contribution >= 0.6 is 11.3 Å². The van der Waals surface area contributed by atoms with Gasteiger partial charge >= 0.3 is 5.97 Å². The van der Waals surface area contributed by atoms with E-state index in [-0.39, 0.29) is 6.61 Å². The van der Waals surface area contributed by atoms with Gasteiger partial charge in [0.2, 0.25) is 0 Å². The summed E-state index contributed by atoms with van der Waals surface area (Å²) in [7, 11) is 5.79. The van der Waals surface area contributed by atoms with Crippen LogP contribution in [0.3, 0.4) is 0 Å². The highest BCUT2D eigenvalue weighted by atomic mass is 32.1. The van der Waals surface area contributed by atoms with E-state index in [1.54, 1.807) is 7.11 Å². The van der Waals surface area contributed by atoms with Crippen molar-refractivity contribution in [2.75, 3.05) is 34.3 Å². The molecule has 2 rings (SSSR count). The molecule has 0 atom stereocenters. The van der Waals surface area contributed by atoms with Crippen LogP contribution in [-0.2, 0) is 17.9 Å². The van der Waals surface area contributed by atoms with Crippen LogP contribution in [0.15, 0.2) is 0 Å². The molecule has 2 heterocycles. The van der Waals surface area contributed by atoms with E-state index in [1.807, 2.05) is 0 Å². The number of likely N-dealkylation sites (tertiary alicyclic amines) is 1. The molecule has 0 aliphatic carbocycles. The van der Waals surface area contributed by atoms with Gasteiger partial charge in [0.1, 0.15) is 9.88 Å².